The van der Waals surface area contributed by atoms with Crippen LogP contribution in [0.5, 0.6) is 0 Å². The third kappa shape index (κ3) is 4.39. The minimum absolute atomic E-state index is 0.209. The zero-order valence-corrected chi connectivity index (χ0v) is 18.3. The van der Waals surface area contributed by atoms with Crippen molar-refractivity contribution in [3.05, 3.63) is 100 Å². The second-order valence-electron chi connectivity index (χ2n) is 7.73. The molecule has 3 amide bonds. The Hall–Kier alpha value is -4.26. The van der Waals surface area contributed by atoms with E-state index in [-0.39, 0.29) is 29.1 Å². The van der Waals surface area contributed by atoms with Gasteiger partial charge in [0.2, 0.25) is 0 Å². The van der Waals surface area contributed by atoms with Gasteiger partial charge in [-0.25, -0.2) is 4.79 Å². The highest BCUT2D eigenvalue weighted by Crippen LogP contribution is 2.25. The number of rotatable bonds is 6. The summed E-state index contributed by atoms with van der Waals surface area (Å²) in [7, 11) is 1.28. The second-order valence-corrected chi connectivity index (χ2v) is 7.73. The molecular formula is C26H22N2O5. The number of aryl methyl sites for hydroxylation is 1. The predicted molar refractivity (Wildman–Crippen MR) is 122 cm³/mol. The molecule has 3 aromatic rings. The molecule has 1 N–H and O–H groups in total. The molecule has 1 heterocycles. The highest BCUT2D eigenvalue weighted by atomic mass is 16.5. The third-order valence-corrected chi connectivity index (χ3v) is 5.61. The molecule has 33 heavy (non-hydrogen) atoms. The maximum atomic E-state index is 12.9. The normalized spacial score (nSPS) is 12.5. The van der Waals surface area contributed by atoms with Crippen molar-refractivity contribution in [1.82, 2.24) is 4.90 Å². The van der Waals surface area contributed by atoms with Crippen molar-refractivity contribution in [2.75, 3.05) is 19.0 Å². The lowest BCUT2D eigenvalue weighted by Gasteiger charge is -2.13. The molecule has 0 bridgehead atoms. The summed E-state index contributed by atoms with van der Waals surface area (Å²) >= 11 is 0. The maximum absolute atomic E-state index is 12.9. The number of imide groups is 1. The number of nitrogens with one attached hydrogen (secondary N) is 1. The number of hydrogen-bond donors (Lipinski definition) is 1. The standard InChI is InChI=1S/C26H22N2O5/c1-16-8-9-19(26(32)33-2)15-22(16)27-23(29)18-10-11-20-21(14-18)25(31)28(24(20)30)13-12-17-6-4-3-5-7-17/h3-11,14-15H,12-13H2,1-2H3,(H,27,29). The fourth-order valence-electron chi connectivity index (χ4n) is 3.72. The molecule has 7 heteroatoms. The van der Waals surface area contributed by atoms with Crippen LogP contribution < -0.4 is 5.32 Å². The van der Waals surface area contributed by atoms with Gasteiger partial charge in [0.25, 0.3) is 17.7 Å². The molecule has 0 atom stereocenters. The number of nitrogens with zero attached hydrogens (tertiary/aromatic N) is 1. The minimum atomic E-state index is -0.511. The van der Waals surface area contributed by atoms with Gasteiger partial charge in [0.15, 0.2) is 0 Å². The van der Waals surface area contributed by atoms with Crippen LogP contribution in [-0.2, 0) is 11.2 Å². The monoisotopic (exact) mass is 442 g/mol. The minimum Gasteiger partial charge on any atom is -0.465 e. The van der Waals surface area contributed by atoms with E-state index >= 15 is 0 Å². The van der Waals surface area contributed by atoms with Gasteiger partial charge in [-0.05, 0) is 54.8 Å². The van der Waals surface area contributed by atoms with Gasteiger partial charge in [0.05, 0.1) is 23.8 Å². The number of anilines is 1. The summed E-state index contributed by atoms with van der Waals surface area (Å²) in [6.45, 7) is 2.06. The van der Waals surface area contributed by atoms with Crippen LogP contribution in [0.2, 0.25) is 0 Å². The van der Waals surface area contributed by atoms with Gasteiger partial charge in [-0.2, -0.15) is 0 Å². The van der Waals surface area contributed by atoms with E-state index in [0.717, 1.165) is 11.1 Å². The van der Waals surface area contributed by atoms with E-state index in [9.17, 15) is 19.2 Å². The molecule has 3 aromatic carbocycles. The number of fused-ring (bicyclic) bond motifs is 1. The summed E-state index contributed by atoms with van der Waals surface area (Å²) < 4.78 is 4.73. The molecule has 1 aliphatic rings. The van der Waals surface area contributed by atoms with Gasteiger partial charge in [0.1, 0.15) is 0 Å². The largest absolute Gasteiger partial charge is 0.465 e. The molecule has 0 aliphatic carbocycles. The zero-order chi connectivity index (χ0) is 23.5. The van der Waals surface area contributed by atoms with Crippen molar-refractivity contribution in [1.29, 1.82) is 0 Å². The molecule has 0 aromatic heterocycles. The van der Waals surface area contributed by atoms with Gasteiger partial charge in [-0.3, -0.25) is 19.3 Å². The van der Waals surface area contributed by atoms with Crippen LogP contribution in [0.1, 0.15) is 52.6 Å². The molecule has 4 rings (SSSR count). The summed E-state index contributed by atoms with van der Waals surface area (Å²) in [4.78, 5) is 51.5. The number of benzene rings is 3. The van der Waals surface area contributed by atoms with E-state index in [2.05, 4.69) is 5.32 Å². The Kier molecular flexibility index (Phi) is 6.04. The number of amides is 3. The Labute approximate surface area is 191 Å². The predicted octanol–water partition coefficient (Wildman–Crippen LogP) is 3.87. The molecule has 0 saturated carbocycles. The van der Waals surface area contributed by atoms with Crippen molar-refractivity contribution < 1.29 is 23.9 Å². The van der Waals surface area contributed by atoms with E-state index in [1.54, 1.807) is 19.1 Å². The van der Waals surface area contributed by atoms with Crippen LogP contribution in [0.25, 0.3) is 0 Å². The van der Waals surface area contributed by atoms with E-state index in [4.69, 9.17) is 4.74 Å². The quantitative estimate of drug-likeness (QED) is 0.462. The van der Waals surface area contributed by atoms with Crippen molar-refractivity contribution >= 4 is 29.4 Å². The summed E-state index contributed by atoms with van der Waals surface area (Å²) in [5.41, 5.74) is 3.28. The molecule has 0 saturated heterocycles. The maximum Gasteiger partial charge on any atom is 0.337 e. The lowest BCUT2D eigenvalue weighted by molar-refractivity contribution is 0.0598. The van der Waals surface area contributed by atoms with Crippen LogP contribution in [-0.4, -0.2) is 42.2 Å². The average Bonchev–Trinajstić information content (AvgIpc) is 3.08. The van der Waals surface area contributed by atoms with E-state index in [0.29, 0.717) is 17.7 Å². The topological polar surface area (TPSA) is 92.8 Å². The van der Waals surface area contributed by atoms with Gasteiger partial charge >= 0.3 is 5.97 Å². The van der Waals surface area contributed by atoms with Crippen molar-refractivity contribution in [2.45, 2.75) is 13.3 Å². The molecule has 7 nitrogen and oxygen atoms in total. The van der Waals surface area contributed by atoms with E-state index in [1.165, 1.54) is 36.3 Å². The fourth-order valence-corrected chi connectivity index (χ4v) is 3.72. The third-order valence-electron chi connectivity index (χ3n) is 5.61. The Morgan fingerprint density at radius 1 is 0.879 bits per heavy atom. The average molecular weight is 442 g/mol. The summed E-state index contributed by atoms with van der Waals surface area (Å²) in [6, 6.07) is 18.9. The number of hydrogen-bond acceptors (Lipinski definition) is 5. The SMILES string of the molecule is COC(=O)c1ccc(C)c(NC(=O)c2ccc3c(c2)C(=O)N(CCc2ccccc2)C3=O)c1. The molecule has 1 aliphatic heterocycles. The van der Waals surface area contributed by atoms with Gasteiger partial charge < -0.3 is 10.1 Å². The van der Waals surface area contributed by atoms with E-state index < -0.39 is 17.8 Å². The lowest BCUT2D eigenvalue weighted by Crippen LogP contribution is -2.31. The van der Waals surface area contributed by atoms with Gasteiger partial charge in [0, 0.05) is 17.8 Å². The highest BCUT2D eigenvalue weighted by Gasteiger charge is 2.35. The first-order valence-corrected chi connectivity index (χ1v) is 10.4. The van der Waals surface area contributed by atoms with Crippen molar-refractivity contribution in [3.63, 3.8) is 0 Å². The summed E-state index contributed by atoms with van der Waals surface area (Å²) in [5.74, 6) is -1.74. The fraction of sp³-hybridized carbons (Fsp3) is 0.154. The van der Waals surface area contributed by atoms with Gasteiger partial charge in [-0.1, -0.05) is 36.4 Å². The number of methoxy groups -OCH3 is 1. The van der Waals surface area contributed by atoms with Crippen molar-refractivity contribution in [3.8, 4) is 0 Å². The Bertz CT molecular complexity index is 1270. The van der Waals surface area contributed by atoms with Crippen LogP contribution in [0, 0.1) is 6.92 Å². The number of carbonyl (C=O) groups is 4. The van der Waals surface area contributed by atoms with Crippen LogP contribution in [0.4, 0.5) is 5.69 Å². The van der Waals surface area contributed by atoms with E-state index in [1.807, 2.05) is 30.3 Å². The molecule has 0 spiro atoms. The van der Waals surface area contributed by atoms with Crippen LogP contribution >= 0.6 is 0 Å². The van der Waals surface area contributed by atoms with Gasteiger partial charge in [-0.15, -0.1) is 0 Å². The lowest BCUT2D eigenvalue weighted by atomic mass is 10.0. The molecule has 0 fully saturated rings. The number of carbonyl (C=O) groups excluding carboxylic acids is 4. The van der Waals surface area contributed by atoms with Crippen LogP contribution in [0.15, 0.2) is 66.7 Å². The Morgan fingerprint density at radius 2 is 1.58 bits per heavy atom. The van der Waals surface area contributed by atoms with Crippen molar-refractivity contribution in [2.24, 2.45) is 0 Å². The summed E-state index contributed by atoms with van der Waals surface area (Å²) in [5, 5.41) is 2.76. The van der Waals surface area contributed by atoms with Crippen LogP contribution in [0.3, 0.4) is 0 Å². The molecular weight excluding hydrogens is 420 g/mol. The number of esters is 1. The molecule has 0 unspecified atom stereocenters. The highest BCUT2D eigenvalue weighted by molar-refractivity contribution is 6.22. The smallest absolute Gasteiger partial charge is 0.337 e. The first kappa shape index (κ1) is 22.0. The molecule has 0 radical (unpaired) electrons. The molecule has 166 valence electrons. The number of ether oxygens (including phenoxy) is 1. The Balaban J connectivity index is 1.52. The summed E-state index contributed by atoms with van der Waals surface area (Å²) in [6.07, 6.45) is 0.551. The first-order valence-electron chi connectivity index (χ1n) is 10.4. The Morgan fingerprint density at radius 3 is 2.30 bits per heavy atom. The second kappa shape index (κ2) is 9.08. The zero-order valence-electron chi connectivity index (χ0n) is 18.3. The first-order chi connectivity index (χ1) is 15.9.